The van der Waals surface area contributed by atoms with E-state index in [-0.39, 0.29) is 16.9 Å². The maximum atomic E-state index is 12.7. The summed E-state index contributed by atoms with van der Waals surface area (Å²) in [6.07, 6.45) is -1.92. The molecule has 11 heteroatoms. The van der Waals surface area contributed by atoms with Gasteiger partial charge in [-0.1, -0.05) is 26.8 Å². The van der Waals surface area contributed by atoms with E-state index in [4.69, 9.17) is 32.6 Å². The third kappa shape index (κ3) is 7.95. The highest BCUT2D eigenvalue weighted by atomic mass is 28.4. The number of carbonyl (C=O) groups excluding carboxylic acids is 1. The Hall–Kier alpha value is -2.18. The van der Waals surface area contributed by atoms with Gasteiger partial charge in [0.1, 0.15) is 17.6 Å². The van der Waals surface area contributed by atoms with Crippen LogP contribution in [0.5, 0.6) is 11.5 Å². The Morgan fingerprint density at radius 1 is 1.09 bits per heavy atom. The Bertz CT molecular complexity index is 819. The van der Waals surface area contributed by atoms with Gasteiger partial charge in [0.2, 0.25) is 0 Å². The van der Waals surface area contributed by atoms with Crippen LogP contribution in [-0.4, -0.2) is 59.1 Å². The van der Waals surface area contributed by atoms with Crippen LogP contribution in [0.15, 0.2) is 12.1 Å². The summed E-state index contributed by atoms with van der Waals surface area (Å²) < 4.78 is 33.5. The fourth-order valence-corrected chi connectivity index (χ4v) is 6.22. The zero-order chi connectivity index (χ0) is 25.4. The molecule has 2 rings (SSSR count). The maximum Gasteiger partial charge on any atom is 0.511 e. The van der Waals surface area contributed by atoms with Crippen molar-refractivity contribution in [2.45, 2.75) is 65.5 Å². The highest BCUT2D eigenvalue weighted by molar-refractivity contribution is 6.60. The first-order valence-electron chi connectivity index (χ1n) is 11.6. The van der Waals surface area contributed by atoms with E-state index in [1.165, 1.54) is 0 Å². The highest BCUT2D eigenvalue weighted by Gasteiger charge is 2.40. The van der Waals surface area contributed by atoms with E-state index in [2.05, 4.69) is 5.32 Å². The van der Waals surface area contributed by atoms with Crippen LogP contribution in [0.1, 0.15) is 65.2 Å². The van der Waals surface area contributed by atoms with Gasteiger partial charge in [-0.3, -0.25) is 0 Å². The molecule has 1 atom stereocenters. The molecule has 1 aliphatic rings. The first kappa shape index (κ1) is 28.1. The fraction of sp³-hybridized carbons (Fsp3) is 0.652. The van der Waals surface area contributed by atoms with Crippen LogP contribution in [0.25, 0.3) is 0 Å². The standard InChI is InChI=1S/C23H37NO9Si/c1-7-29-34(30-8-2,31-9-3)14-10-13-24-21(25)33-20-16(23(4,5)6)11-12-17(32-22(26)27)19(20)18-15-28-18/h11-12,18H,7-10,13-15H2,1-6H3,(H,24,25)(H,26,27). The lowest BCUT2D eigenvalue weighted by atomic mass is 9.84. The first-order chi connectivity index (χ1) is 16.1. The molecule has 1 unspecified atom stereocenters. The summed E-state index contributed by atoms with van der Waals surface area (Å²) in [6.45, 7) is 13.8. The molecule has 1 aliphatic heterocycles. The molecule has 0 bridgehead atoms. The van der Waals surface area contributed by atoms with Gasteiger partial charge < -0.3 is 37.9 Å². The Morgan fingerprint density at radius 3 is 2.15 bits per heavy atom. The number of hydrogen-bond acceptors (Lipinski definition) is 8. The molecule has 1 aromatic rings. The van der Waals surface area contributed by atoms with E-state index >= 15 is 0 Å². The molecule has 1 aromatic carbocycles. The van der Waals surface area contributed by atoms with E-state index in [0.717, 1.165) is 5.56 Å². The van der Waals surface area contributed by atoms with Crippen molar-refractivity contribution in [1.29, 1.82) is 0 Å². The molecule has 1 fully saturated rings. The van der Waals surface area contributed by atoms with Gasteiger partial charge in [0.15, 0.2) is 0 Å². The molecular weight excluding hydrogens is 462 g/mol. The molecule has 0 saturated carbocycles. The van der Waals surface area contributed by atoms with Crippen molar-refractivity contribution in [1.82, 2.24) is 5.32 Å². The number of carboxylic acid groups (broad SMARTS) is 1. The zero-order valence-corrected chi connectivity index (χ0v) is 21.9. The molecule has 1 saturated heterocycles. The summed E-state index contributed by atoms with van der Waals surface area (Å²) in [5, 5.41) is 11.9. The lowest BCUT2D eigenvalue weighted by Crippen LogP contribution is -2.46. The molecular formula is C23H37NO9Si. The summed E-state index contributed by atoms with van der Waals surface area (Å²) in [7, 11) is -2.80. The Labute approximate surface area is 202 Å². The molecule has 1 amide bonds. The van der Waals surface area contributed by atoms with E-state index < -0.39 is 27.2 Å². The zero-order valence-electron chi connectivity index (χ0n) is 20.9. The number of rotatable bonds is 13. The van der Waals surface area contributed by atoms with Crippen molar-refractivity contribution in [2.75, 3.05) is 33.0 Å². The molecule has 0 aliphatic carbocycles. The fourth-order valence-electron chi connectivity index (χ4n) is 3.61. The molecule has 192 valence electrons. The maximum absolute atomic E-state index is 12.7. The third-order valence-corrected chi connectivity index (χ3v) is 8.18. The molecule has 0 spiro atoms. The van der Waals surface area contributed by atoms with E-state index in [1.54, 1.807) is 12.1 Å². The molecule has 1 heterocycles. The predicted molar refractivity (Wildman–Crippen MR) is 127 cm³/mol. The van der Waals surface area contributed by atoms with Crippen molar-refractivity contribution >= 4 is 21.1 Å². The van der Waals surface area contributed by atoms with Crippen molar-refractivity contribution in [2.24, 2.45) is 0 Å². The second kappa shape index (κ2) is 12.5. The lowest BCUT2D eigenvalue weighted by molar-refractivity contribution is 0.0707. The SMILES string of the molecule is CCO[Si](CCCNC(=O)Oc1c(C(C)(C)C)ccc(OC(=O)O)c1C1CO1)(OCC)OCC. The van der Waals surface area contributed by atoms with Gasteiger partial charge in [-0.2, -0.15) is 0 Å². The van der Waals surface area contributed by atoms with Crippen molar-refractivity contribution < 1.29 is 42.2 Å². The largest absolute Gasteiger partial charge is 0.511 e. The van der Waals surface area contributed by atoms with Crippen molar-refractivity contribution in [3.63, 3.8) is 0 Å². The van der Waals surface area contributed by atoms with E-state index in [9.17, 15) is 9.59 Å². The number of hydrogen-bond donors (Lipinski definition) is 2. The number of epoxide rings is 1. The smallest absolute Gasteiger partial charge is 0.449 e. The highest BCUT2D eigenvalue weighted by Crippen LogP contribution is 2.47. The number of carbonyl (C=O) groups is 2. The van der Waals surface area contributed by atoms with Gasteiger partial charge >= 0.3 is 21.1 Å². The van der Waals surface area contributed by atoms with E-state index in [1.807, 2.05) is 41.5 Å². The van der Waals surface area contributed by atoms with Crippen LogP contribution in [0.4, 0.5) is 9.59 Å². The summed E-state index contributed by atoms with van der Waals surface area (Å²) in [4.78, 5) is 23.9. The molecule has 10 nitrogen and oxygen atoms in total. The normalized spacial score (nSPS) is 15.6. The predicted octanol–water partition coefficient (Wildman–Crippen LogP) is 4.64. The van der Waals surface area contributed by atoms with Gasteiger partial charge in [-0.05, 0) is 38.7 Å². The first-order valence-corrected chi connectivity index (χ1v) is 13.6. The minimum absolute atomic E-state index is 0.0896. The average molecular weight is 500 g/mol. The van der Waals surface area contributed by atoms with E-state index in [0.29, 0.717) is 51.0 Å². The number of benzene rings is 1. The van der Waals surface area contributed by atoms with Crippen LogP contribution >= 0.6 is 0 Å². The van der Waals surface area contributed by atoms with Crippen molar-refractivity contribution in [3.8, 4) is 11.5 Å². The Balaban J connectivity index is 2.13. The van der Waals surface area contributed by atoms with Gasteiger partial charge in [-0.15, -0.1) is 0 Å². The van der Waals surface area contributed by atoms with Crippen LogP contribution in [0.3, 0.4) is 0 Å². The minimum Gasteiger partial charge on any atom is -0.449 e. The summed E-state index contributed by atoms with van der Waals surface area (Å²) >= 11 is 0. The molecule has 0 aromatic heterocycles. The minimum atomic E-state index is -2.80. The van der Waals surface area contributed by atoms with Gasteiger partial charge in [-0.25, -0.2) is 9.59 Å². The van der Waals surface area contributed by atoms with Crippen LogP contribution in [0.2, 0.25) is 6.04 Å². The quantitative estimate of drug-likeness (QED) is 0.131. The lowest BCUT2D eigenvalue weighted by Gasteiger charge is -2.28. The Morgan fingerprint density at radius 2 is 1.68 bits per heavy atom. The third-order valence-electron chi connectivity index (χ3n) is 5.03. The average Bonchev–Trinajstić information content (AvgIpc) is 3.56. The van der Waals surface area contributed by atoms with Gasteiger partial charge in [0.05, 0.1) is 12.2 Å². The topological polar surface area (TPSA) is 125 Å². The van der Waals surface area contributed by atoms with Crippen molar-refractivity contribution in [3.05, 3.63) is 23.3 Å². The number of nitrogens with one attached hydrogen (secondary N) is 1. The summed E-state index contributed by atoms with van der Waals surface area (Å²) in [5.74, 6) is 0.347. The second-order valence-corrected chi connectivity index (χ2v) is 11.4. The molecule has 2 N–H and O–H groups in total. The Kier molecular flexibility index (Phi) is 10.3. The van der Waals surface area contributed by atoms with Crippen LogP contribution < -0.4 is 14.8 Å². The summed E-state index contributed by atoms with van der Waals surface area (Å²) in [5.41, 5.74) is 0.778. The number of ether oxygens (including phenoxy) is 3. The van der Waals surface area contributed by atoms with Gasteiger partial charge in [0, 0.05) is 38.0 Å². The van der Waals surface area contributed by atoms with Gasteiger partial charge in [0.25, 0.3) is 0 Å². The number of amides is 1. The summed E-state index contributed by atoms with van der Waals surface area (Å²) in [6, 6.07) is 3.83. The second-order valence-electron chi connectivity index (χ2n) is 8.70. The monoisotopic (exact) mass is 499 g/mol. The molecule has 34 heavy (non-hydrogen) atoms. The molecule has 0 radical (unpaired) electrons. The van der Waals surface area contributed by atoms with Crippen LogP contribution in [-0.2, 0) is 23.4 Å². The van der Waals surface area contributed by atoms with Crippen LogP contribution in [0, 0.1) is 0 Å².